The Balaban J connectivity index is 0.986. The molecule has 6 aromatic carbocycles. The third kappa shape index (κ3) is 7.84. The number of benzene rings is 6. The van der Waals surface area contributed by atoms with Crippen molar-refractivity contribution in [3.8, 4) is 0 Å². The van der Waals surface area contributed by atoms with Gasteiger partial charge in [0, 0.05) is 46.3 Å². The molecule has 0 amide bonds. The number of fused-ring (bicyclic) bond motifs is 4. The van der Waals surface area contributed by atoms with Crippen molar-refractivity contribution < 1.29 is 19.1 Å². The Hall–Kier alpha value is -5.74. The van der Waals surface area contributed by atoms with E-state index in [1.54, 1.807) is 0 Å². The van der Waals surface area contributed by atoms with E-state index < -0.39 is 0 Å². The van der Waals surface area contributed by atoms with Gasteiger partial charge in [0.25, 0.3) is 0 Å². The van der Waals surface area contributed by atoms with Gasteiger partial charge in [0.1, 0.15) is 12.2 Å². The molecule has 10 atom stereocenters. The Morgan fingerprint density at radius 2 is 0.662 bits per heavy atom. The summed E-state index contributed by atoms with van der Waals surface area (Å²) < 4.78 is 14.2. The summed E-state index contributed by atoms with van der Waals surface area (Å²) in [6.07, 6.45) is 3.98. The van der Waals surface area contributed by atoms with Crippen LogP contribution in [-0.2, 0) is 19.1 Å². The molecule has 0 aromatic heterocycles. The molecular formula is C64H70O4. The standard InChI is InChI=1S/C64H70O4/c1-61(2)51-37-39-63(61,5)59(57(51)55(45-29-17-9-18-30-45)46-31-19-10-20-32-46)67-53(65)41-49(43-25-13-7-14-26-43)50(44-27-15-8-16-28-44)42-54(66)68-60-58(52-38-40-64(60,6)62(52,3)4)56(47-33-21-11-22-34-47)48-35-23-12-24-36-48/h7-36,49-52,55-60H,37-42H2,1-6H3/t49?,50?,51-,52-,57+,58+,59-,60-,63+,64+/m0/s1. The highest BCUT2D eigenvalue weighted by Crippen LogP contribution is 2.72. The third-order valence-electron chi connectivity index (χ3n) is 19.3. The normalized spacial score (nSPS) is 28.4. The van der Waals surface area contributed by atoms with E-state index in [9.17, 15) is 0 Å². The van der Waals surface area contributed by atoms with Gasteiger partial charge in [0.05, 0.1) is 12.8 Å². The maximum absolute atomic E-state index is 15.2. The predicted molar refractivity (Wildman–Crippen MR) is 273 cm³/mol. The molecule has 10 rings (SSSR count). The summed E-state index contributed by atoms with van der Waals surface area (Å²) in [7, 11) is 0. The van der Waals surface area contributed by atoms with E-state index in [2.05, 4.69) is 187 Å². The third-order valence-corrected chi connectivity index (χ3v) is 19.3. The van der Waals surface area contributed by atoms with Crippen molar-refractivity contribution >= 4 is 11.9 Å². The van der Waals surface area contributed by atoms with Crippen LogP contribution in [0.3, 0.4) is 0 Å². The lowest BCUT2D eigenvalue weighted by Gasteiger charge is -2.42. The Kier molecular flexibility index (Phi) is 12.4. The number of rotatable bonds is 15. The van der Waals surface area contributed by atoms with Gasteiger partial charge in [0.15, 0.2) is 0 Å². The van der Waals surface area contributed by atoms with Crippen molar-refractivity contribution in [2.45, 2.75) is 116 Å². The fourth-order valence-electron chi connectivity index (χ4n) is 15.0. The molecule has 0 radical (unpaired) electrons. The molecule has 4 aliphatic rings. The molecule has 0 saturated heterocycles. The maximum atomic E-state index is 15.2. The first-order valence-corrected chi connectivity index (χ1v) is 25.5. The van der Waals surface area contributed by atoms with E-state index in [0.717, 1.165) is 36.8 Å². The van der Waals surface area contributed by atoms with Gasteiger partial charge >= 0.3 is 11.9 Å². The van der Waals surface area contributed by atoms with Crippen molar-refractivity contribution in [2.75, 3.05) is 0 Å². The first-order chi connectivity index (χ1) is 32.8. The maximum Gasteiger partial charge on any atom is 0.306 e. The highest BCUT2D eigenvalue weighted by atomic mass is 16.6. The summed E-state index contributed by atoms with van der Waals surface area (Å²) in [6.45, 7) is 14.4. The minimum atomic E-state index is -0.334. The predicted octanol–water partition coefficient (Wildman–Crippen LogP) is 15.0. The zero-order valence-electron chi connectivity index (χ0n) is 41.0. The molecular weight excluding hydrogens is 833 g/mol. The second-order valence-corrected chi connectivity index (χ2v) is 22.6. The summed E-state index contributed by atoms with van der Waals surface area (Å²) in [4.78, 5) is 30.4. The lowest BCUT2D eigenvalue weighted by Crippen LogP contribution is -2.43. The van der Waals surface area contributed by atoms with Crippen molar-refractivity contribution in [3.63, 3.8) is 0 Å². The van der Waals surface area contributed by atoms with Crippen LogP contribution >= 0.6 is 0 Å². The summed E-state index contributed by atoms with van der Waals surface area (Å²) in [5.74, 6) is 0.0138. The molecule has 4 nitrogen and oxygen atoms in total. The minimum absolute atomic E-state index is 0.0393. The van der Waals surface area contributed by atoms with Gasteiger partial charge in [-0.1, -0.05) is 224 Å². The molecule has 4 saturated carbocycles. The Morgan fingerprint density at radius 3 is 0.926 bits per heavy atom. The highest BCUT2D eigenvalue weighted by Gasteiger charge is 2.70. The molecule has 350 valence electrons. The number of hydrogen-bond donors (Lipinski definition) is 0. The minimum Gasteiger partial charge on any atom is -0.461 e. The van der Waals surface area contributed by atoms with Gasteiger partial charge in [-0.15, -0.1) is 0 Å². The van der Waals surface area contributed by atoms with Crippen LogP contribution in [0.25, 0.3) is 0 Å². The smallest absolute Gasteiger partial charge is 0.306 e. The molecule has 4 heteroatoms. The van der Waals surface area contributed by atoms with E-state index in [4.69, 9.17) is 9.47 Å². The van der Waals surface area contributed by atoms with Crippen molar-refractivity contribution in [3.05, 3.63) is 215 Å². The van der Waals surface area contributed by atoms with Gasteiger partial charge in [-0.25, -0.2) is 0 Å². The summed E-state index contributed by atoms with van der Waals surface area (Å²) in [5, 5.41) is 0. The van der Waals surface area contributed by atoms with E-state index >= 15 is 9.59 Å². The van der Waals surface area contributed by atoms with Crippen LogP contribution in [0, 0.1) is 45.3 Å². The van der Waals surface area contributed by atoms with E-state index in [1.165, 1.54) is 22.3 Å². The molecule has 4 aliphatic carbocycles. The van der Waals surface area contributed by atoms with Gasteiger partial charge in [-0.05, 0) is 81.7 Å². The molecule has 4 bridgehead atoms. The molecule has 68 heavy (non-hydrogen) atoms. The zero-order valence-corrected chi connectivity index (χ0v) is 41.0. The number of hydrogen-bond acceptors (Lipinski definition) is 4. The topological polar surface area (TPSA) is 52.6 Å². The van der Waals surface area contributed by atoms with E-state index in [1.807, 2.05) is 36.4 Å². The lowest BCUT2D eigenvalue weighted by molar-refractivity contribution is -0.164. The first kappa shape index (κ1) is 46.0. The fourth-order valence-corrected chi connectivity index (χ4v) is 15.0. The lowest BCUT2D eigenvalue weighted by atomic mass is 9.68. The average molecular weight is 903 g/mol. The largest absolute Gasteiger partial charge is 0.461 e. The molecule has 0 aliphatic heterocycles. The molecule has 2 unspecified atom stereocenters. The van der Waals surface area contributed by atoms with Gasteiger partial charge in [-0.2, -0.15) is 0 Å². The van der Waals surface area contributed by atoms with Gasteiger partial charge in [0.2, 0.25) is 0 Å². The SMILES string of the molecule is CC1(C)[C@H]2CC[C@]1(C)[C@@H](OC(=O)CC(c1ccccc1)C(CC(=O)O[C@H]1[C@@H](C(c3ccccc3)c3ccccc3)[C@@H]3CC[C@@]1(C)C3(C)C)c1ccccc1)[C@H]2C(c1ccccc1)c1ccccc1. The number of ether oxygens (including phenoxy) is 2. The zero-order chi connectivity index (χ0) is 47.3. The first-order valence-electron chi connectivity index (χ1n) is 25.5. The second kappa shape index (κ2) is 18.3. The van der Waals surface area contributed by atoms with Crippen LogP contribution in [0.15, 0.2) is 182 Å². The summed E-state index contributed by atoms with van der Waals surface area (Å²) in [6, 6.07) is 64.1. The van der Waals surface area contributed by atoms with Crippen LogP contribution in [-0.4, -0.2) is 24.1 Å². The number of carbonyl (C=O) groups excluding carboxylic acids is 2. The molecule has 0 N–H and O–H groups in total. The number of esters is 2. The van der Waals surface area contributed by atoms with E-state index in [0.29, 0.717) is 11.8 Å². The Bertz CT molecular complexity index is 2380. The fraction of sp³-hybridized carbons (Fsp3) is 0.406. The molecule has 0 heterocycles. The Morgan fingerprint density at radius 1 is 0.412 bits per heavy atom. The highest BCUT2D eigenvalue weighted by molar-refractivity contribution is 5.74. The van der Waals surface area contributed by atoms with Crippen molar-refractivity contribution in [1.29, 1.82) is 0 Å². The van der Waals surface area contributed by atoms with Gasteiger partial charge < -0.3 is 9.47 Å². The van der Waals surface area contributed by atoms with Gasteiger partial charge in [-0.3, -0.25) is 9.59 Å². The van der Waals surface area contributed by atoms with Crippen LogP contribution in [0.1, 0.15) is 137 Å². The molecule has 4 fully saturated rings. The summed E-state index contributed by atoms with van der Waals surface area (Å²) in [5.41, 5.74) is 6.59. The van der Waals surface area contributed by atoms with E-state index in [-0.39, 0.29) is 94.2 Å². The van der Waals surface area contributed by atoms with Crippen LogP contribution in [0.5, 0.6) is 0 Å². The molecule has 0 spiro atoms. The number of carbonyl (C=O) groups is 2. The average Bonchev–Trinajstić information content (AvgIpc) is 3.86. The van der Waals surface area contributed by atoms with Crippen molar-refractivity contribution in [1.82, 2.24) is 0 Å². The van der Waals surface area contributed by atoms with Crippen LogP contribution in [0.4, 0.5) is 0 Å². The van der Waals surface area contributed by atoms with Crippen LogP contribution in [0.2, 0.25) is 0 Å². The monoisotopic (exact) mass is 903 g/mol. The van der Waals surface area contributed by atoms with Crippen LogP contribution < -0.4 is 0 Å². The molecule has 6 aromatic rings. The summed E-state index contributed by atoms with van der Waals surface area (Å²) >= 11 is 0. The Labute approximate surface area is 405 Å². The van der Waals surface area contributed by atoms with Crippen molar-refractivity contribution in [2.24, 2.45) is 45.3 Å². The second-order valence-electron chi connectivity index (χ2n) is 22.6. The quantitative estimate of drug-likeness (QED) is 0.0964.